The van der Waals surface area contributed by atoms with Gasteiger partial charge in [0.2, 0.25) is 5.88 Å². The first-order valence-corrected chi connectivity index (χ1v) is 11.5. The minimum Gasteiger partial charge on any atom is -0.438 e. The number of aliphatic hydroxyl groups excluding tert-OH is 1. The summed E-state index contributed by atoms with van der Waals surface area (Å²) in [7, 11) is 0. The molecule has 0 aliphatic rings. The Bertz CT molecular complexity index is 1570. The van der Waals surface area contributed by atoms with E-state index in [4.69, 9.17) is 4.74 Å². The van der Waals surface area contributed by atoms with Gasteiger partial charge in [0.05, 0.1) is 22.8 Å². The number of hydrogen-bond donors (Lipinski definition) is 1. The second kappa shape index (κ2) is 10.5. The van der Waals surface area contributed by atoms with Crippen LogP contribution < -0.4 is 9.30 Å². The normalized spacial score (nSPS) is 11.8. The van der Waals surface area contributed by atoms with Crippen LogP contribution in [0.3, 0.4) is 0 Å². The smallest absolute Gasteiger partial charge is 0.270 e. The molecule has 0 fully saturated rings. The Morgan fingerprint density at radius 3 is 2.57 bits per heavy atom. The van der Waals surface area contributed by atoms with Crippen LogP contribution in [-0.2, 0) is 13.0 Å². The summed E-state index contributed by atoms with van der Waals surface area (Å²) in [5.74, 6) is 0.0119. The highest BCUT2D eigenvalue weighted by Crippen LogP contribution is 2.34. The molecule has 0 radical (unpaired) electrons. The van der Waals surface area contributed by atoms with Crippen molar-refractivity contribution < 1.29 is 23.7 Å². The molecule has 2 heterocycles. The van der Waals surface area contributed by atoms with E-state index in [2.05, 4.69) is 9.97 Å². The molecule has 5 rings (SSSR count). The molecule has 5 aromatic rings. The molecule has 0 saturated heterocycles. The largest absolute Gasteiger partial charge is 0.438 e. The van der Waals surface area contributed by atoms with Crippen molar-refractivity contribution in [2.75, 3.05) is 0 Å². The van der Waals surface area contributed by atoms with Crippen molar-refractivity contribution in [3.8, 4) is 11.6 Å². The number of benzene rings is 3. The molecule has 8 nitrogen and oxygen atoms in total. The van der Waals surface area contributed by atoms with E-state index in [1.807, 2.05) is 36.4 Å². The van der Waals surface area contributed by atoms with Gasteiger partial charge >= 0.3 is 0 Å². The summed E-state index contributed by atoms with van der Waals surface area (Å²) >= 11 is 0. The Kier molecular flexibility index (Phi) is 6.78. The first-order chi connectivity index (χ1) is 18.0. The fourth-order valence-corrected chi connectivity index (χ4v) is 4.08. The highest BCUT2D eigenvalue weighted by Gasteiger charge is 2.21. The Morgan fingerprint density at radius 1 is 1.03 bits per heavy atom. The maximum absolute atomic E-state index is 14.2. The minimum absolute atomic E-state index is 0.0359. The van der Waals surface area contributed by atoms with Gasteiger partial charge in [-0.05, 0) is 35.9 Å². The van der Waals surface area contributed by atoms with Gasteiger partial charge in [0, 0.05) is 35.1 Å². The van der Waals surface area contributed by atoms with E-state index < -0.39 is 16.8 Å². The average molecular weight is 498 g/mol. The molecule has 37 heavy (non-hydrogen) atoms. The maximum Gasteiger partial charge on any atom is 0.270 e. The van der Waals surface area contributed by atoms with Crippen molar-refractivity contribution in [3.63, 3.8) is 0 Å². The topological polar surface area (TPSA) is 102 Å². The molecular weight excluding hydrogens is 475 g/mol. The standard InChI is InChI=1S/C28H22FN4O4/c29-22-6-9-27(24(17-22)26(34)18-32-12-10-30-11-13-32)37-28-21(14-19-4-2-1-3-5-19)15-20-16-23(33(35)36)7-8-25(20)31-28/h1-13,15-17,26,34H,14,18H2/q+1. The van der Waals surface area contributed by atoms with Gasteiger partial charge in [-0.3, -0.25) is 15.1 Å². The predicted octanol–water partition coefficient (Wildman–Crippen LogP) is 5.08. The number of hydrogen-bond acceptors (Lipinski definition) is 6. The zero-order valence-corrected chi connectivity index (χ0v) is 19.6. The number of ether oxygens (including phenoxy) is 1. The number of nitro groups is 1. The first-order valence-electron chi connectivity index (χ1n) is 11.5. The zero-order chi connectivity index (χ0) is 25.8. The van der Waals surface area contributed by atoms with Gasteiger partial charge in [0.25, 0.3) is 5.69 Å². The van der Waals surface area contributed by atoms with Crippen molar-refractivity contribution >= 4 is 16.6 Å². The Labute approximate surface area is 211 Å². The molecule has 3 aromatic carbocycles. The van der Waals surface area contributed by atoms with Crippen molar-refractivity contribution in [3.05, 3.63) is 130 Å². The van der Waals surface area contributed by atoms with Gasteiger partial charge in [-0.1, -0.05) is 30.3 Å². The van der Waals surface area contributed by atoms with Crippen LogP contribution in [0, 0.1) is 15.9 Å². The van der Waals surface area contributed by atoms with E-state index in [0.717, 1.165) is 5.56 Å². The molecule has 0 saturated carbocycles. The molecule has 0 spiro atoms. The quantitative estimate of drug-likeness (QED) is 0.182. The third-order valence-corrected chi connectivity index (χ3v) is 5.90. The summed E-state index contributed by atoms with van der Waals surface area (Å²) in [5.41, 5.74) is 2.42. The monoisotopic (exact) mass is 497 g/mol. The van der Waals surface area contributed by atoms with Gasteiger partial charge in [-0.25, -0.2) is 9.37 Å². The number of pyridine rings is 1. The highest BCUT2D eigenvalue weighted by atomic mass is 19.1. The van der Waals surface area contributed by atoms with Gasteiger partial charge in [0.1, 0.15) is 17.7 Å². The Balaban J connectivity index is 1.56. The molecular formula is C28H22FN4O4+. The Morgan fingerprint density at radius 2 is 1.81 bits per heavy atom. The fourth-order valence-electron chi connectivity index (χ4n) is 4.08. The summed E-state index contributed by atoms with van der Waals surface area (Å²) in [6.07, 6.45) is 5.96. The SMILES string of the molecule is O=[N+]([O-])c1ccc2nc(Oc3ccc(F)cc3C(O)C[n+]3ccncc3)c(Cc3ccccc3)cc2c1. The molecule has 0 aliphatic carbocycles. The summed E-state index contributed by atoms with van der Waals surface area (Å²) in [6.45, 7) is 0.161. The minimum atomic E-state index is -1.07. The van der Waals surface area contributed by atoms with Crippen LogP contribution in [0.25, 0.3) is 10.9 Å². The number of halogens is 1. The van der Waals surface area contributed by atoms with Crippen LogP contribution >= 0.6 is 0 Å². The molecule has 184 valence electrons. The van der Waals surface area contributed by atoms with Gasteiger partial charge < -0.3 is 9.84 Å². The lowest BCUT2D eigenvalue weighted by molar-refractivity contribution is -0.705. The second-order valence-corrected chi connectivity index (χ2v) is 8.49. The number of nitrogens with zero attached hydrogens (tertiary/aromatic N) is 4. The van der Waals surface area contributed by atoms with E-state index >= 15 is 0 Å². The molecule has 1 atom stereocenters. The Hall–Kier alpha value is -4.76. The van der Waals surface area contributed by atoms with Gasteiger partial charge in [-0.15, -0.1) is 0 Å². The molecule has 1 unspecified atom stereocenters. The van der Waals surface area contributed by atoms with Crippen LogP contribution in [0.1, 0.15) is 22.8 Å². The highest BCUT2D eigenvalue weighted by molar-refractivity contribution is 5.82. The molecule has 1 N–H and O–H groups in total. The lowest BCUT2D eigenvalue weighted by Crippen LogP contribution is -2.36. The first kappa shape index (κ1) is 24.0. The summed E-state index contributed by atoms with van der Waals surface area (Å²) < 4.78 is 22.2. The van der Waals surface area contributed by atoms with E-state index in [1.54, 1.807) is 35.4 Å². The number of fused-ring (bicyclic) bond motifs is 1. The lowest BCUT2D eigenvalue weighted by Gasteiger charge is -2.17. The van der Waals surface area contributed by atoms with Crippen LogP contribution in [-0.4, -0.2) is 20.0 Å². The molecule has 2 aromatic heterocycles. The van der Waals surface area contributed by atoms with E-state index in [9.17, 15) is 19.6 Å². The van der Waals surface area contributed by atoms with Crippen LogP contribution in [0.5, 0.6) is 11.6 Å². The predicted molar refractivity (Wildman–Crippen MR) is 134 cm³/mol. The molecule has 0 amide bonds. The average Bonchev–Trinajstić information content (AvgIpc) is 2.90. The fraction of sp³-hybridized carbons (Fsp3) is 0.107. The third-order valence-electron chi connectivity index (χ3n) is 5.90. The van der Waals surface area contributed by atoms with Crippen molar-refractivity contribution in [1.82, 2.24) is 9.97 Å². The van der Waals surface area contributed by atoms with E-state index in [0.29, 0.717) is 22.9 Å². The van der Waals surface area contributed by atoms with Crippen molar-refractivity contribution in [2.45, 2.75) is 19.1 Å². The molecule has 9 heteroatoms. The van der Waals surface area contributed by atoms with Gasteiger partial charge in [-0.2, -0.15) is 4.57 Å². The number of rotatable bonds is 8. The number of aliphatic hydroxyl groups is 1. The van der Waals surface area contributed by atoms with E-state index in [1.165, 1.54) is 30.3 Å². The number of aromatic nitrogens is 3. The van der Waals surface area contributed by atoms with Crippen LogP contribution in [0.15, 0.2) is 97.6 Å². The zero-order valence-electron chi connectivity index (χ0n) is 19.6. The summed E-state index contributed by atoms with van der Waals surface area (Å²) in [5, 5.41) is 22.8. The maximum atomic E-state index is 14.2. The molecule has 0 aliphatic heterocycles. The van der Waals surface area contributed by atoms with Gasteiger partial charge in [0.15, 0.2) is 18.9 Å². The van der Waals surface area contributed by atoms with Crippen LogP contribution in [0.2, 0.25) is 0 Å². The summed E-state index contributed by atoms with van der Waals surface area (Å²) in [6, 6.07) is 19.8. The van der Waals surface area contributed by atoms with Crippen LogP contribution in [0.4, 0.5) is 10.1 Å². The number of nitro benzene ring substituents is 1. The second-order valence-electron chi connectivity index (χ2n) is 8.49. The van der Waals surface area contributed by atoms with Crippen molar-refractivity contribution in [1.29, 1.82) is 0 Å². The summed E-state index contributed by atoms with van der Waals surface area (Å²) in [4.78, 5) is 19.4. The number of non-ortho nitro benzene ring substituents is 1. The molecule has 0 bridgehead atoms. The lowest BCUT2D eigenvalue weighted by atomic mass is 10.0. The van der Waals surface area contributed by atoms with E-state index in [-0.39, 0.29) is 29.4 Å². The van der Waals surface area contributed by atoms with Crippen molar-refractivity contribution in [2.24, 2.45) is 0 Å². The third kappa shape index (κ3) is 5.57.